The molecule has 0 spiro atoms. The summed E-state index contributed by atoms with van der Waals surface area (Å²) in [5, 5.41) is 13.5. The molecule has 1 heterocycles. The third-order valence-corrected chi connectivity index (χ3v) is 3.79. The molecule has 1 rings (SSSR count). The minimum Gasteiger partial charge on any atom is -0.384 e. The van der Waals surface area contributed by atoms with E-state index >= 15 is 0 Å². The molecule has 110 valence electrons. The Bertz CT molecular complexity index is 474. The third kappa shape index (κ3) is 5.33. The van der Waals surface area contributed by atoms with Gasteiger partial charge in [0.2, 0.25) is 0 Å². The van der Waals surface area contributed by atoms with Gasteiger partial charge in [0.25, 0.3) is 5.91 Å². The van der Waals surface area contributed by atoms with Gasteiger partial charge >= 0.3 is 0 Å². The van der Waals surface area contributed by atoms with Crippen LogP contribution in [0.3, 0.4) is 0 Å². The highest BCUT2D eigenvalue weighted by atomic mass is 32.1. The van der Waals surface area contributed by atoms with Gasteiger partial charge in [-0.25, -0.2) is 0 Å². The molecule has 0 unspecified atom stereocenters. The van der Waals surface area contributed by atoms with Crippen molar-refractivity contribution in [2.24, 2.45) is 0 Å². The lowest BCUT2D eigenvalue weighted by atomic mass is 10.2. The van der Waals surface area contributed by atoms with E-state index < -0.39 is 0 Å². The predicted octanol–water partition coefficient (Wildman–Crippen LogP) is 1.55. The Morgan fingerprint density at radius 3 is 2.90 bits per heavy atom. The van der Waals surface area contributed by atoms with E-state index in [4.69, 9.17) is 5.11 Å². The summed E-state index contributed by atoms with van der Waals surface area (Å²) in [7, 11) is 0. The quantitative estimate of drug-likeness (QED) is 0.750. The van der Waals surface area contributed by atoms with Gasteiger partial charge < -0.3 is 15.3 Å². The molecule has 0 aromatic carbocycles. The van der Waals surface area contributed by atoms with Crippen LogP contribution in [0.5, 0.6) is 0 Å². The van der Waals surface area contributed by atoms with Crippen LogP contribution in [0, 0.1) is 11.8 Å². The second kappa shape index (κ2) is 9.54. The Hall–Kier alpha value is -1.35. The summed E-state index contributed by atoms with van der Waals surface area (Å²) in [6.07, 6.45) is 1.12. The number of nitrogens with zero attached hydrogens (tertiary/aromatic N) is 1. The zero-order chi connectivity index (χ0) is 14.8. The standard InChI is InChI=1S/C15H22N2O2S/c1-3-9-17(4-2)10-8-16-15(19)14-13(6-5-11-18)7-12-20-14/h7,12,18H,3-4,8-11H2,1-2H3,(H,16,19). The van der Waals surface area contributed by atoms with E-state index in [9.17, 15) is 4.79 Å². The van der Waals surface area contributed by atoms with Gasteiger partial charge in [-0.15, -0.1) is 11.3 Å². The van der Waals surface area contributed by atoms with Crippen LogP contribution in [-0.4, -0.2) is 48.7 Å². The molecule has 1 aromatic heterocycles. The monoisotopic (exact) mass is 294 g/mol. The highest BCUT2D eigenvalue weighted by Crippen LogP contribution is 2.15. The van der Waals surface area contributed by atoms with Gasteiger partial charge in [-0.2, -0.15) is 0 Å². The van der Waals surface area contributed by atoms with Crippen LogP contribution in [0.4, 0.5) is 0 Å². The first-order valence-electron chi connectivity index (χ1n) is 6.90. The van der Waals surface area contributed by atoms with Crippen LogP contribution in [0.25, 0.3) is 0 Å². The van der Waals surface area contributed by atoms with Crippen LogP contribution >= 0.6 is 11.3 Å². The van der Waals surface area contributed by atoms with Gasteiger partial charge in [0.1, 0.15) is 11.5 Å². The molecule has 0 atom stereocenters. The number of carbonyl (C=O) groups is 1. The van der Waals surface area contributed by atoms with Gasteiger partial charge in [-0.3, -0.25) is 4.79 Å². The maximum atomic E-state index is 12.1. The molecule has 2 N–H and O–H groups in total. The number of hydrogen-bond donors (Lipinski definition) is 2. The molecule has 0 aliphatic rings. The van der Waals surface area contributed by atoms with Gasteiger partial charge in [0.15, 0.2) is 0 Å². The lowest BCUT2D eigenvalue weighted by Gasteiger charge is -2.19. The Kier molecular flexibility index (Phi) is 7.97. The molecular weight excluding hydrogens is 272 g/mol. The van der Waals surface area contributed by atoms with E-state index in [1.807, 2.05) is 5.38 Å². The first-order chi connectivity index (χ1) is 9.72. The summed E-state index contributed by atoms with van der Waals surface area (Å²) >= 11 is 1.37. The smallest absolute Gasteiger partial charge is 0.262 e. The lowest BCUT2D eigenvalue weighted by molar-refractivity contribution is 0.0952. The fourth-order valence-electron chi connectivity index (χ4n) is 1.87. The van der Waals surface area contributed by atoms with E-state index in [-0.39, 0.29) is 12.5 Å². The SMILES string of the molecule is CCCN(CC)CCNC(=O)c1sccc1C#CCO. The molecular formula is C15H22N2O2S. The molecule has 0 aliphatic heterocycles. The normalized spacial score (nSPS) is 10.2. The van der Waals surface area contributed by atoms with Gasteiger partial charge in [0, 0.05) is 18.7 Å². The Morgan fingerprint density at radius 1 is 1.45 bits per heavy atom. The van der Waals surface area contributed by atoms with Crippen LogP contribution in [0.1, 0.15) is 35.5 Å². The van der Waals surface area contributed by atoms with Crippen molar-refractivity contribution in [1.29, 1.82) is 0 Å². The zero-order valence-corrected chi connectivity index (χ0v) is 12.9. The topological polar surface area (TPSA) is 52.6 Å². The van der Waals surface area contributed by atoms with Crippen molar-refractivity contribution in [2.75, 3.05) is 32.8 Å². The van der Waals surface area contributed by atoms with Crippen molar-refractivity contribution in [2.45, 2.75) is 20.3 Å². The maximum Gasteiger partial charge on any atom is 0.262 e. The number of carbonyl (C=O) groups excluding carboxylic acids is 1. The molecule has 0 aliphatic carbocycles. The highest BCUT2D eigenvalue weighted by Gasteiger charge is 2.11. The number of hydrogen-bond acceptors (Lipinski definition) is 4. The fourth-order valence-corrected chi connectivity index (χ4v) is 2.64. The number of amides is 1. The Labute approximate surface area is 124 Å². The van der Waals surface area contributed by atoms with E-state index in [1.54, 1.807) is 6.07 Å². The van der Waals surface area contributed by atoms with Crippen LogP contribution in [-0.2, 0) is 0 Å². The lowest BCUT2D eigenvalue weighted by Crippen LogP contribution is -2.35. The van der Waals surface area contributed by atoms with Crippen molar-refractivity contribution in [3.8, 4) is 11.8 Å². The summed E-state index contributed by atoms with van der Waals surface area (Å²) in [6, 6.07) is 1.80. The summed E-state index contributed by atoms with van der Waals surface area (Å²) in [5.41, 5.74) is 0.683. The van der Waals surface area contributed by atoms with Gasteiger partial charge in [-0.1, -0.05) is 25.7 Å². The van der Waals surface area contributed by atoms with E-state index in [2.05, 4.69) is 35.9 Å². The summed E-state index contributed by atoms with van der Waals surface area (Å²) in [5.74, 6) is 5.28. The third-order valence-electron chi connectivity index (χ3n) is 2.87. The molecule has 0 fully saturated rings. The van der Waals surface area contributed by atoms with Crippen LogP contribution in [0.15, 0.2) is 11.4 Å². The summed E-state index contributed by atoms with van der Waals surface area (Å²) in [4.78, 5) is 15.0. The molecule has 0 radical (unpaired) electrons. The van der Waals surface area contributed by atoms with E-state index in [1.165, 1.54) is 11.3 Å². The second-order valence-electron chi connectivity index (χ2n) is 4.31. The van der Waals surface area contributed by atoms with E-state index in [0.717, 1.165) is 26.1 Å². The molecule has 20 heavy (non-hydrogen) atoms. The first-order valence-corrected chi connectivity index (χ1v) is 7.78. The number of rotatable bonds is 7. The molecule has 0 saturated carbocycles. The minimum atomic E-state index is -0.195. The zero-order valence-electron chi connectivity index (χ0n) is 12.1. The van der Waals surface area contributed by atoms with Crippen molar-refractivity contribution >= 4 is 17.2 Å². The number of likely N-dealkylation sites (N-methyl/N-ethyl adjacent to an activating group) is 1. The highest BCUT2D eigenvalue weighted by molar-refractivity contribution is 7.12. The number of aliphatic hydroxyl groups is 1. The van der Waals surface area contributed by atoms with Crippen molar-refractivity contribution in [3.63, 3.8) is 0 Å². The van der Waals surface area contributed by atoms with Crippen molar-refractivity contribution < 1.29 is 9.90 Å². The molecule has 5 heteroatoms. The number of aliphatic hydroxyl groups excluding tert-OH is 1. The largest absolute Gasteiger partial charge is 0.384 e. The number of thiophene rings is 1. The fraction of sp³-hybridized carbons (Fsp3) is 0.533. The molecule has 4 nitrogen and oxygen atoms in total. The Morgan fingerprint density at radius 2 is 2.25 bits per heavy atom. The molecule has 1 amide bonds. The predicted molar refractivity (Wildman–Crippen MR) is 83.0 cm³/mol. The minimum absolute atomic E-state index is 0.0882. The number of nitrogens with one attached hydrogen (secondary N) is 1. The Balaban J connectivity index is 2.49. The average Bonchev–Trinajstić information content (AvgIpc) is 2.92. The van der Waals surface area contributed by atoms with Gasteiger partial charge in [0.05, 0.1) is 0 Å². The van der Waals surface area contributed by atoms with Crippen molar-refractivity contribution in [1.82, 2.24) is 10.2 Å². The second-order valence-corrected chi connectivity index (χ2v) is 5.23. The first kappa shape index (κ1) is 16.7. The van der Waals surface area contributed by atoms with Crippen molar-refractivity contribution in [3.05, 3.63) is 21.9 Å². The van der Waals surface area contributed by atoms with Gasteiger partial charge in [-0.05, 0) is 31.0 Å². The molecule has 1 aromatic rings. The molecule has 0 bridgehead atoms. The van der Waals surface area contributed by atoms with Crippen LogP contribution < -0.4 is 5.32 Å². The maximum absolute atomic E-state index is 12.1. The average molecular weight is 294 g/mol. The van der Waals surface area contributed by atoms with Crippen LogP contribution in [0.2, 0.25) is 0 Å². The summed E-state index contributed by atoms with van der Waals surface area (Å²) < 4.78 is 0. The molecule has 0 saturated heterocycles. The van der Waals surface area contributed by atoms with E-state index in [0.29, 0.717) is 17.0 Å². The summed E-state index contributed by atoms with van der Waals surface area (Å²) in [6.45, 7) is 7.63.